The van der Waals surface area contributed by atoms with E-state index in [2.05, 4.69) is 18.9 Å². The van der Waals surface area contributed by atoms with Crippen LogP contribution in [0.3, 0.4) is 0 Å². The molecule has 2 aliphatic heterocycles. The van der Waals surface area contributed by atoms with Crippen LogP contribution in [-0.2, 0) is 16.1 Å². The lowest BCUT2D eigenvalue weighted by molar-refractivity contribution is -0.142. The molecule has 4 heterocycles. The van der Waals surface area contributed by atoms with Crippen LogP contribution in [-0.4, -0.2) is 65.4 Å². The van der Waals surface area contributed by atoms with Gasteiger partial charge in [-0.3, -0.25) is 19.2 Å². The minimum atomic E-state index is -0.741. The second kappa shape index (κ2) is 8.79. The topological polar surface area (TPSA) is 76.9 Å². The number of amides is 2. The number of para-hydroxylation sites is 2. The van der Waals surface area contributed by atoms with Crippen molar-refractivity contribution in [1.29, 1.82) is 0 Å². The third kappa shape index (κ3) is 4.11. The highest BCUT2D eigenvalue weighted by molar-refractivity contribution is 7.20. The molecule has 2 aromatic heterocycles. The molecule has 2 amide bonds. The fourth-order valence-electron chi connectivity index (χ4n) is 4.36. The fraction of sp³-hybridized carbons (Fsp3) is 0.458. The van der Waals surface area contributed by atoms with E-state index in [4.69, 9.17) is 9.47 Å². The maximum atomic E-state index is 13.7. The van der Waals surface area contributed by atoms with E-state index in [-0.39, 0.29) is 18.4 Å². The van der Waals surface area contributed by atoms with Gasteiger partial charge in [-0.1, -0.05) is 26.0 Å². The van der Waals surface area contributed by atoms with E-state index in [1.165, 1.54) is 11.3 Å². The Balaban J connectivity index is 1.46. The lowest BCUT2D eigenvalue weighted by atomic mass is 10.1. The van der Waals surface area contributed by atoms with Crippen molar-refractivity contribution in [2.45, 2.75) is 33.4 Å². The fourth-order valence-corrected chi connectivity index (χ4v) is 5.48. The molecule has 3 aromatic rings. The molecule has 33 heavy (non-hydrogen) atoms. The molecule has 0 saturated carbocycles. The van der Waals surface area contributed by atoms with Crippen LogP contribution in [0, 0.1) is 12.8 Å². The van der Waals surface area contributed by atoms with Crippen LogP contribution in [0.25, 0.3) is 10.2 Å². The van der Waals surface area contributed by atoms with E-state index in [1.807, 2.05) is 41.9 Å². The zero-order chi connectivity index (χ0) is 23.1. The lowest BCUT2D eigenvalue weighted by Gasteiger charge is -2.37. The third-order valence-corrected chi connectivity index (χ3v) is 7.11. The summed E-state index contributed by atoms with van der Waals surface area (Å²) in [6, 6.07) is 9.33. The number of aromatic nitrogens is 2. The first-order valence-electron chi connectivity index (χ1n) is 11.3. The lowest BCUT2D eigenvalue weighted by Crippen LogP contribution is -2.54. The number of aryl methyl sites for hydroxylation is 1. The van der Waals surface area contributed by atoms with Crippen molar-refractivity contribution in [3.8, 4) is 5.75 Å². The predicted molar refractivity (Wildman–Crippen MR) is 127 cm³/mol. The number of hydrogen-bond acceptors (Lipinski definition) is 6. The van der Waals surface area contributed by atoms with E-state index >= 15 is 0 Å². The standard InChI is InChI=1S/C24H28N4O4S/c1-15(2)13-28-24-17(16(3)25-28)12-21(33-24)23(30)27-14-20(22(29)26-8-10-31-11-9-26)32-19-7-5-4-6-18(19)27/h4-7,12,15,20H,8-11,13-14H2,1-3H3/t20-/m1/s1. The van der Waals surface area contributed by atoms with Crippen LogP contribution < -0.4 is 9.64 Å². The molecule has 0 radical (unpaired) electrons. The number of anilines is 1. The molecule has 0 spiro atoms. The van der Waals surface area contributed by atoms with Gasteiger partial charge < -0.3 is 14.4 Å². The molecule has 5 rings (SSSR count). The Morgan fingerprint density at radius 2 is 1.97 bits per heavy atom. The van der Waals surface area contributed by atoms with Crippen molar-refractivity contribution in [2.75, 3.05) is 37.7 Å². The maximum Gasteiger partial charge on any atom is 0.268 e. The highest BCUT2D eigenvalue weighted by atomic mass is 32.1. The summed E-state index contributed by atoms with van der Waals surface area (Å²) in [7, 11) is 0. The van der Waals surface area contributed by atoms with Crippen LogP contribution >= 0.6 is 11.3 Å². The van der Waals surface area contributed by atoms with E-state index in [0.717, 1.165) is 22.5 Å². The van der Waals surface area contributed by atoms with Gasteiger partial charge in [0, 0.05) is 25.0 Å². The number of carbonyl (C=O) groups excluding carboxylic acids is 2. The average molecular weight is 469 g/mol. The number of thiophene rings is 1. The number of rotatable bonds is 4. The molecule has 0 bridgehead atoms. The third-order valence-electron chi connectivity index (χ3n) is 5.97. The summed E-state index contributed by atoms with van der Waals surface area (Å²) in [5.41, 5.74) is 1.61. The van der Waals surface area contributed by atoms with Gasteiger partial charge in [0.1, 0.15) is 10.6 Å². The molecular weight excluding hydrogens is 440 g/mol. The molecule has 1 fully saturated rings. The van der Waals surface area contributed by atoms with E-state index in [1.54, 1.807) is 9.80 Å². The van der Waals surface area contributed by atoms with Crippen molar-refractivity contribution in [3.63, 3.8) is 0 Å². The molecule has 9 heteroatoms. The summed E-state index contributed by atoms with van der Waals surface area (Å²) in [5, 5.41) is 5.65. The van der Waals surface area contributed by atoms with Crippen molar-refractivity contribution in [2.24, 2.45) is 5.92 Å². The van der Waals surface area contributed by atoms with Gasteiger partial charge in [0.15, 0.2) is 6.10 Å². The average Bonchev–Trinajstić information content (AvgIpc) is 3.38. The number of ether oxygens (including phenoxy) is 2. The summed E-state index contributed by atoms with van der Waals surface area (Å²) in [6.07, 6.45) is -0.741. The molecule has 0 N–H and O–H groups in total. The molecule has 1 aromatic carbocycles. The number of fused-ring (bicyclic) bond motifs is 2. The Morgan fingerprint density at radius 3 is 2.73 bits per heavy atom. The Hall–Kier alpha value is -2.91. The molecule has 1 saturated heterocycles. The first-order valence-corrected chi connectivity index (χ1v) is 12.1. The Morgan fingerprint density at radius 1 is 1.21 bits per heavy atom. The molecule has 8 nitrogen and oxygen atoms in total. The summed E-state index contributed by atoms with van der Waals surface area (Å²) in [5.74, 6) is 0.770. The van der Waals surface area contributed by atoms with Crippen LogP contribution in [0.5, 0.6) is 5.75 Å². The highest BCUT2D eigenvalue weighted by Gasteiger charge is 2.37. The molecule has 1 atom stereocenters. The van der Waals surface area contributed by atoms with E-state index < -0.39 is 6.10 Å². The van der Waals surface area contributed by atoms with Gasteiger partial charge in [-0.2, -0.15) is 5.10 Å². The number of nitrogens with zero attached hydrogens (tertiary/aromatic N) is 4. The normalized spacial score (nSPS) is 18.5. The first kappa shape index (κ1) is 21.9. The Bertz CT molecular complexity index is 1190. The number of morpholine rings is 1. The maximum absolute atomic E-state index is 13.7. The van der Waals surface area contributed by atoms with E-state index in [0.29, 0.717) is 48.5 Å². The summed E-state index contributed by atoms with van der Waals surface area (Å²) < 4.78 is 13.4. The largest absolute Gasteiger partial charge is 0.476 e. The summed E-state index contributed by atoms with van der Waals surface area (Å²) in [6.45, 7) is 9.37. The van der Waals surface area contributed by atoms with Crippen LogP contribution in [0.2, 0.25) is 0 Å². The molecular formula is C24H28N4O4S. The van der Waals surface area contributed by atoms with Crippen molar-refractivity contribution < 1.29 is 19.1 Å². The van der Waals surface area contributed by atoms with Gasteiger partial charge in [0.25, 0.3) is 11.8 Å². The van der Waals surface area contributed by atoms with Crippen LogP contribution in [0.15, 0.2) is 30.3 Å². The number of hydrogen-bond donors (Lipinski definition) is 0. The van der Waals surface area contributed by atoms with Gasteiger partial charge in [-0.25, -0.2) is 0 Å². The Labute approximate surface area is 196 Å². The van der Waals surface area contributed by atoms with Gasteiger partial charge in [-0.15, -0.1) is 11.3 Å². The second-order valence-corrected chi connectivity index (χ2v) is 9.95. The smallest absolute Gasteiger partial charge is 0.268 e. The van der Waals surface area contributed by atoms with Crippen molar-refractivity contribution in [1.82, 2.24) is 14.7 Å². The predicted octanol–water partition coefficient (Wildman–Crippen LogP) is 3.33. The van der Waals surface area contributed by atoms with Gasteiger partial charge >= 0.3 is 0 Å². The molecule has 174 valence electrons. The SMILES string of the molecule is Cc1nn(CC(C)C)c2sc(C(=O)N3C[C@H](C(=O)N4CCOCC4)Oc4ccccc43)cc12. The van der Waals surface area contributed by atoms with Gasteiger partial charge in [0.05, 0.1) is 36.0 Å². The number of benzene rings is 1. The van der Waals surface area contributed by atoms with Gasteiger partial charge in [0.2, 0.25) is 0 Å². The quantitative estimate of drug-likeness (QED) is 0.587. The molecule has 0 unspecified atom stereocenters. The summed E-state index contributed by atoms with van der Waals surface area (Å²) in [4.78, 5) is 32.0. The van der Waals surface area contributed by atoms with Crippen LogP contribution in [0.1, 0.15) is 29.2 Å². The Kier molecular flexibility index (Phi) is 5.84. The van der Waals surface area contributed by atoms with Crippen molar-refractivity contribution in [3.05, 3.63) is 40.9 Å². The first-order chi connectivity index (χ1) is 15.9. The zero-order valence-corrected chi connectivity index (χ0v) is 19.9. The van der Waals surface area contributed by atoms with Crippen molar-refractivity contribution >= 4 is 39.1 Å². The molecule has 2 aliphatic rings. The van der Waals surface area contributed by atoms with E-state index in [9.17, 15) is 9.59 Å². The zero-order valence-electron chi connectivity index (χ0n) is 19.1. The highest BCUT2D eigenvalue weighted by Crippen LogP contribution is 2.37. The second-order valence-electron chi connectivity index (χ2n) is 8.92. The van der Waals surface area contributed by atoms with Gasteiger partial charge in [-0.05, 0) is 31.0 Å². The number of carbonyl (C=O) groups is 2. The minimum absolute atomic E-state index is 0.106. The monoisotopic (exact) mass is 468 g/mol. The van der Waals surface area contributed by atoms with Crippen LogP contribution in [0.4, 0.5) is 5.69 Å². The summed E-state index contributed by atoms with van der Waals surface area (Å²) >= 11 is 1.46. The minimum Gasteiger partial charge on any atom is -0.476 e. The molecule has 0 aliphatic carbocycles.